The van der Waals surface area contributed by atoms with E-state index in [9.17, 15) is 0 Å². The number of hydrogen-bond acceptors (Lipinski definition) is 2. The van der Waals surface area contributed by atoms with Crippen LogP contribution in [0, 0.1) is 11.8 Å². The molecule has 0 radical (unpaired) electrons. The van der Waals surface area contributed by atoms with Crippen molar-refractivity contribution >= 4 is 0 Å². The van der Waals surface area contributed by atoms with Crippen LogP contribution in [0.15, 0.2) is 0 Å². The van der Waals surface area contributed by atoms with E-state index in [0.29, 0.717) is 0 Å². The Morgan fingerprint density at radius 1 is 1.29 bits per heavy atom. The minimum Gasteiger partial charge on any atom is -0.381 e. The first-order valence-electron chi connectivity index (χ1n) is 6.17. The molecule has 2 nitrogen and oxygen atoms in total. The highest BCUT2D eigenvalue weighted by Gasteiger charge is 2.22. The molecule has 1 saturated carbocycles. The van der Waals surface area contributed by atoms with Gasteiger partial charge in [0, 0.05) is 19.2 Å². The molecule has 2 aliphatic rings. The summed E-state index contributed by atoms with van der Waals surface area (Å²) in [6.07, 6.45) is 7.03. The van der Waals surface area contributed by atoms with Gasteiger partial charge in [-0.3, -0.25) is 0 Å². The molecule has 14 heavy (non-hydrogen) atoms. The predicted molar refractivity (Wildman–Crippen MR) is 58.3 cm³/mol. The topological polar surface area (TPSA) is 21.3 Å². The van der Waals surface area contributed by atoms with Gasteiger partial charge in [-0.05, 0) is 38.0 Å². The molecule has 1 heterocycles. The maximum atomic E-state index is 5.37. The number of ether oxygens (including phenoxy) is 1. The number of rotatable bonds is 4. The van der Waals surface area contributed by atoms with Crippen molar-refractivity contribution in [3.05, 3.63) is 0 Å². The summed E-state index contributed by atoms with van der Waals surface area (Å²) in [5, 5.41) is 3.69. The Morgan fingerprint density at radius 2 is 2.07 bits per heavy atom. The third-order valence-electron chi connectivity index (χ3n) is 3.86. The lowest BCUT2D eigenvalue weighted by Crippen LogP contribution is -2.36. The summed E-state index contributed by atoms with van der Waals surface area (Å²) in [6.45, 7) is 5.47. The summed E-state index contributed by atoms with van der Waals surface area (Å²) in [6, 6.07) is 0.720. The average molecular weight is 197 g/mol. The lowest BCUT2D eigenvalue weighted by Gasteiger charge is -2.21. The van der Waals surface area contributed by atoms with E-state index in [-0.39, 0.29) is 0 Å². The van der Waals surface area contributed by atoms with E-state index in [1.807, 2.05) is 0 Å². The van der Waals surface area contributed by atoms with Gasteiger partial charge in [0.15, 0.2) is 0 Å². The highest BCUT2D eigenvalue weighted by atomic mass is 16.5. The van der Waals surface area contributed by atoms with Crippen molar-refractivity contribution in [3.63, 3.8) is 0 Å². The summed E-state index contributed by atoms with van der Waals surface area (Å²) < 4.78 is 5.37. The van der Waals surface area contributed by atoms with Gasteiger partial charge in [-0.25, -0.2) is 0 Å². The zero-order valence-electron chi connectivity index (χ0n) is 9.30. The highest BCUT2D eigenvalue weighted by Crippen LogP contribution is 2.27. The third kappa shape index (κ3) is 2.71. The first kappa shape index (κ1) is 10.4. The molecular formula is C12H23NO. The Balaban J connectivity index is 1.63. The van der Waals surface area contributed by atoms with Crippen LogP contribution in [0.5, 0.6) is 0 Å². The Labute approximate surface area is 87.4 Å². The quantitative estimate of drug-likeness (QED) is 0.746. The largest absolute Gasteiger partial charge is 0.381 e. The van der Waals surface area contributed by atoms with Crippen LogP contribution in [0.3, 0.4) is 0 Å². The van der Waals surface area contributed by atoms with Crippen molar-refractivity contribution in [1.29, 1.82) is 0 Å². The smallest absolute Gasteiger partial charge is 0.0507 e. The molecule has 0 spiro atoms. The SMILES string of the molecule is C[C@H](NCC1CCOC1)C1CCCC1. The van der Waals surface area contributed by atoms with Crippen molar-refractivity contribution in [3.8, 4) is 0 Å². The van der Waals surface area contributed by atoms with Crippen molar-refractivity contribution in [2.24, 2.45) is 11.8 Å². The third-order valence-corrected chi connectivity index (χ3v) is 3.86. The van der Waals surface area contributed by atoms with Crippen molar-refractivity contribution in [2.45, 2.75) is 45.1 Å². The van der Waals surface area contributed by atoms with Gasteiger partial charge in [0.25, 0.3) is 0 Å². The van der Waals surface area contributed by atoms with E-state index < -0.39 is 0 Å². The first-order chi connectivity index (χ1) is 6.86. The van der Waals surface area contributed by atoms with E-state index in [1.54, 1.807) is 0 Å². The molecule has 1 N–H and O–H groups in total. The fraction of sp³-hybridized carbons (Fsp3) is 1.00. The molecule has 1 aliphatic heterocycles. The molecule has 2 rings (SSSR count). The Morgan fingerprint density at radius 3 is 2.71 bits per heavy atom. The standard InChI is InChI=1S/C12H23NO/c1-10(12-4-2-3-5-12)13-8-11-6-7-14-9-11/h10-13H,2-9H2,1H3/t10-,11?/m0/s1. The number of nitrogens with one attached hydrogen (secondary N) is 1. The monoisotopic (exact) mass is 197 g/mol. The fourth-order valence-corrected chi connectivity index (χ4v) is 2.72. The first-order valence-corrected chi connectivity index (χ1v) is 6.17. The summed E-state index contributed by atoms with van der Waals surface area (Å²) >= 11 is 0. The van der Waals surface area contributed by atoms with Crippen LogP contribution in [-0.2, 0) is 4.74 Å². The molecule has 2 atom stereocenters. The maximum absolute atomic E-state index is 5.37. The van der Waals surface area contributed by atoms with Crippen LogP contribution in [0.2, 0.25) is 0 Å². The molecule has 0 aromatic rings. The van der Waals surface area contributed by atoms with Gasteiger partial charge in [0.05, 0.1) is 6.61 Å². The van der Waals surface area contributed by atoms with Gasteiger partial charge >= 0.3 is 0 Å². The lowest BCUT2D eigenvalue weighted by atomic mass is 9.99. The summed E-state index contributed by atoms with van der Waals surface area (Å²) in [5.74, 6) is 1.72. The van der Waals surface area contributed by atoms with Gasteiger partial charge in [-0.15, -0.1) is 0 Å². The van der Waals surface area contributed by atoms with E-state index in [2.05, 4.69) is 12.2 Å². The zero-order chi connectivity index (χ0) is 9.80. The van der Waals surface area contributed by atoms with Crippen LogP contribution in [0.25, 0.3) is 0 Å². The van der Waals surface area contributed by atoms with Gasteiger partial charge in [0.2, 0.25) is 0 Å². The maximum Gasteiger partial charge on any atom is 0.0507 e. The second kappa shape index (κ2) is 5.13. The van der Waals surface area contributed by atoms with Crippen LogP contribution in [0.1, 0.15) is 39.0 Å². The van der Waals surface area contributed by atoms with Crippen molar-refractivity contribution < 1.29 is 4.74 Å². The molecule has 82 valence electrons. The molecule has 1 unspecified atom stereocenters. The highest BCUT2D eigenvalue weighted by molar-refractivity contribution is 4.78. The van der Waals surface area contributed by atoms with Crippen LogP contribution >= 0.6 is 0 Å². The van der Waals surface area contributed by atoms with Crippen LogP contribution < -0.4 is 5.32 Å². The van der Waals surface area contributed by atoms with Gasteiger partial charge < -0.3 is 10.1 Å². The Bertz CT molecular complexity index is 160. The van der Waals surface area contributed by atoms with Gasteiger partial charge in [-0.1, -0.05) is 12.8 Å². The minimum atomic E-state index is 0.720. The molecular weight excluding hydrogens is 174 g/mol. The van der Waals surface area contributed by atoms with Crippen LogP contribution in [0.4, 0.5) is 0 Å². The summed E-state index contributed by atoms with van der Waals surface area (Å²) in [7, 11) is 0. The second-order valence-corrected chi connectivity index (χ2v) is 4.97. The minimum absolute atomic E-state index is 0.720. The van der Waals surface area contributed by atoms with E-state index in [1.165, 1.54) is 32.1 Å². The van der Waals surface area contributed by atoms with E-state index >= 15 is 0 Å². The van der Waals surface area contributed by atoms with Crippen molar-refractivity contribution in [2.75, 3.05) is 19.8 Å². The van der Waals surface area contributed by atoms with Crippen LogP contribution in [-0.4, -0.2) is 25.8 Å². The molecule has 0 bridgehead atoms. The molecule has 0 aromatic heterocycles. The molecule has 1 aliphatic carbocycles. The number of hydrogen-bond donors (Lipinski definition) is 1. The van der Waals surface area contributed by atoms with Gasteiger partial charge in [0.1, 0.15) is 0 Å². The molecule has 1 saturated heterocycles. The Kier molecular flexibility index (Phi) is 3.82. The second-order valence-electron chi connectivity index (χ2n) is 4.97. The molecule has 2 fully saturated rings. The fourth-order valence-electron chi connectivity index (χ4n) is 2.72. The zero-order valence-corrected chi connectivity index (χ0v) is 9.30. The van der Waals surface area contributed by atoms with Crippen molar-refractivity contribution in [1.82, 2.24) is 5.32 Å². The molecule has 2 heteroatoms. The normalized spacial score (nSPS) is 31.1. The molecule has 0 aromatic carbocycles. The summed E-state index contributed by atoms with van der Waals surface area (Å²) in [4.78, 5) is 0. The van der Waals surface area contributed by atoms with Gasteiger partial charge in [-0.2, -0.15) is 0 Å². The Hall–Kier alpha value is -0.0800. The predicted octanol–water partition coefficient (Wildman–Crippen LogP) is 2.19. The van der Waals surface area contributed by atoms with E-state index in [0.717, 1.165) is 37.6 Å². The average Bonchev–Trinajstić information content (AvgIpc) is 2.87. The summed E-state index contributed by atoms with van der Waals surface area (Å²) in [5.41, 5.74) is 0. The van der Waals surface area contributed by atoms with E-state index in [4.69, 9.17) is 4.74 Å². The lowest BCUT2D eigenvalue weighted by molar-refractivity contribution is 0.184. The molecule has 0 amide bonds.